The van der Waals surface area contributed by atoms with Crippen molar-refractivity contribution < 1.29 is 9.53 Å². The highest BCUT2D eigenvalue weighted by atomic mass is 79.9. The quantitative estimate of drug-likeness (QED) is 0.798. The lowest BCUT2D eigenvalue weighted by Crippen LogP contribution is -2.46. The van der Waals surface area contributed by atoms with Gasteiger partial charge < -0.3 is 15.0 Å². The number of hydrogen-bond donors (Lipinski definition) is 1. The fourth-order valence-corrected chi connectivity index (χ4v) is 3.05. The van der Waals surface area contributed by atoms with Gasteiger partial charge in [0.05, 0.1) is 10.2 Å². The van der Waals surface area contributed by atoms with E-state index in [1.165, 1.54) is 0 Å². The van der Waals surface area contributed by atoms with Crippen LogP contribution in [0, 0.1) is 23.7 Å². The molecule has 1 amide bonds. The summed E-state index contributed by atoms with van der Waals surface area (Å²) in [5.41, 5.74) is 0.610. The van der Waals surface area contributed by atoms with Crippen LogP contribution >= 0.6 is 15.9 Å². The Bertz CT molecular complexity index is 716. The van der Waals surface area contributed by atoms with Crippen LogP contribution < -0.4 is 10.2 Å². The zero-order valence-corrected chi connectivity index (χ0v) is 17.6. The summed E-state index contributed by atoms with van der Waals surface area (Å²) < 4.78 is 5.94. The minimum Gasteiger partial charge on any atom is -0.444 e. The highest BCUT2D eigenvalue weighted by Crippen LogP contribution is 2.32. The number of carbonyl (C=O) groups is 1. The molecule has 0 unspecified atom stereocenters. The van der Waals surface area contributed by atoms with Crippen LogP contribution in [-0.4, -0.2) is 41.3 Å². The lowest BCUT2D eigenvalue weighted by Gasteiger charge is -2.39. The first-order valence-corrected chi connectivity index (χ1v) is 9.48. The largest absolute Gasteiger partial charge is 0.444 e. The molecule has 142 valence electrons. The highest BCUT2D eigenvalue weighted by molar-refractivity contribution is 9.10. The zero-order valence-electron chi connectivity index (χ0n) is 16.0. The van der Waals surface area contributed by atoms with E-state index in [4.69, 9.17) is 4.74 Å². The fraction of sp³-hybridized carbons (Fsp3) is 0.667. The molecule has 0 atom stereocenters. The molecule has 1 saturated heterocycles. The van der Waals surface area contributed by atoms with E-state index in [0.717, 1.165) is 31.6 Å². The summed E-state index contributed by atoms with van der Waals surface area (Å²) >= 11 is 3.35. The zero-order chi connectivity index (χ0) is 19.5. The average molecular weight is 424 g/mol. The van der Waals surface area contributed by atoms with Crippen LogP contribution in [0.25, 0.3) is 0 Å². The minimum atomic E-state index is -0.496. The van der Waals surface area contributed by atoms with Crippen molar-refractivity contribution in [1.82, 2.24) is 15.3 Å². The van der Waals surface area contributed by atoms with Gasteiger partial charge in [-0.3, -0.25) is 0 Å². The van der Waals surface area contributed by atoms with Gasteiger partial charge in [0, 0.05) is 19.6 Å². The molecule has 26 heavy (non-hydrogen) atoms. The Kier molecular flexibility index (Phi) is 6.12. The molecule has 1 aliphatic heterocycles. The molecule has 0 aliphatic carbocycles. The minimum absolute atomic E-state index is 0.00410. The number of alkyl carbamates (subject to hydrolysis) is 1. The number of carbonyl (C=O) groups excluding carboxylic acids is 1. The standard InChI is InChI=1S/C18H26BrN5O2/c1-12-14(19)13(10-20)23-15(22-12)24-8-6-18(5,7-9-24)11-21-16(25)26-17(2,3)4/h6-9,11H2,1-5H3,(H,21,25). The van der Waals surface area contributed by atoms with Gasteiger partial charge in [-0.05, 0) is 61.9 Å². The first kappa shape index (κ1) is 20.4. The topological polar surface area (TPSA) is 91.1 Å². The molecule has 1 aliphatic rings. The van der Waals surface area contributed by atoms with Crippen molar-refractivity contribution in [2.45, 2.75) is 53.1 Å². The van der Waals surface area contributed by atoms with Gasteiger partial charge in [0.1, 0.15) is 11.7 Å². The van der Waals surface area contributed by atoms with E-state index in [-0.39, 0.29) is 11.5 Å². The summed E-state index contributed by atoms with van der Waals surface area (Å²) in [6.45, 7) is 11.7. The van der Waals surface area contributed by atoms with Crippen molar-refractivity contribution in [3.05, 3.63) is 15.9 Å². The second-order valence-corrected chi connectivity index (χ2v) is 8.83. The molecule has 2 heterocycles. The number of piperidine rings is 1. The van der Waals surface area contributed by atoms with Crippen LogP contribution in [0.4, 0.5) is 10.7 Å². The molecule has 1 aromatic rings. The maximum Gasteiger partial charge on any atom is 0.407 e. The summed E-state index contributed by atoms with van der Waals surface area (Å²) in [5, 5.41) is 12.1. The number of ether oxygens (including phenoxy) is 1. The van der Waals surface area contributed by atoms with Crippen LogP contribution in [0.5, 0.6) is 0 Å². The van der Waals surface area contributed by atoms with Gasteiger partial charge in [-0.15, -0.1) is 0 Å². The number of halogens is 1. The Hall–Kier alpha value is -1.88. The number of aryl methyl sites for hydroxylation is 1. The van der Waals surface area contributed by atoms with Crippen LogP contribution in [0.15, 0.2) is 4.47 Å². The molecule has 0 radical (unpaired) electrons. The predicted octanol–water partition coefficient (Wildman–Crippen LogP) is 3.55. The number of amides is 1. The average Bonchev–Trinajstić information content (AvgIpc) is 2.55. The molecule has 1 N–H and O–H groups in total. The number of nitrogens with zero attached hydrogens (tertiary/aromatic N) is 4. The molecular weight excluding hydrogens is 398 g/mol. The van der Waals surface area contributed by atoms with Crippen molar-refractivity contribution in [1.29, 1.82) is 5.26 Å². The molecule has 0 bridgehead atoms. The van der Waals surface area contributed by atoms with E-state index < -0.39 is 5.60 Å². The molecule has 0 saturated carbocycles. The highest BCUT2D eigenvalue weighted by Gasteiger charge is 2.32. The summed E-state index contributed by atoms with van der Waals surface area (Å²) in [6, 6.07) is 2.10. The number of nitriles is 1. The van der Waals surface area contributed by atoms with Gasteiger partial charge in [-0.25, -0.2) is 14.8 Å². The third-order valence-corrected chi connectivity index (χ3v) is 5.37. The molecule has 7 nitrogen and oxygen atoms in total. The lowest BCUT2D eigenvalue weighted by molar-refractivity contribution is 0.0495. The SMILES string of the molecule is Cc1nc(N2CCC(C)(CNC(=O)OC(C)(C)C)CC2)nc(C#N)c1Br. The Labute approximate surface area is 163 Å². The Morgan fingerprint density at radius 3 is 2.54 bits per heavy atom. The van der Waals surface area contributed by atoms with Gasteiger partial charge in [0.2, 0.25) is 5.95 Å². The maximum atomic E-state index is 11.9. The predicted molar refractivity (Wildman–Crippen MR) is 103 cm³/mol. The molecule has 2 rings (SSSR count). The number of anilines is 1. The number of hydrogen-bond acceptors (Lipinski definition) is 6. The van der Waals surface area contributed by atoms with Gasteiger partial charge in [0.25, 0.3) is 0 Å². The molecule has 0 aromatic carbocycles. The van der Waals surface area contributed by atoms with Gasteiger partial charge in [-0.2, -0.15) is 5.26 Å². The Balaban J connectivity index is 1.95. The molecule has 1 fully saturated rings. The Morgan fingerprint density at radius 1 is 1.38 bits per heavy atom. The molecule has 1 aromatic heterocycles. The van der Waals surface area contributed by atoms with E-state index in [0.29, 0.717) is 22.7 Å². The second kappa shape index (κ2) is 7.78. The lowest BCUT2D eigenvalue weighted by atomic mass is 9.80. The van der Waals surface area contributed by atoms with Crippen LogP contribution in [-0.2, 0) is 4.74 Å². The molecule has 0 spiro atoms. The second-order valence-electron chi connectivity index (χ2n) is 8.04. The summed E-state index contributed by atoms with van der Waals surface area (Å²) in [5.74, 6) is 0.587. The van der Waals surface area contributed by atoms with Crippen molar-refractivity contribution in [2.24, 2.45) is 5.41 Å². The summed E-state index contributed by atoms with van der Waals surface area (Å²) in [6.07, 6.45) is 1.40. The van der Waals surface area contributed by atoms with E-state index >= 15 is 0 Å². The van der Waals surface area contributed by atoms with Gasteiger partial charge >= 0.3 is 6.09 Å². The normalized spacial score (nSPS) is 16.7. The third kappa shape index (κ3) is 5.31. The summed E-state index contributed by atoms with van der Waals surface area (Å²) in [4.78, 5) is 22.8. The monoisotopic (exact) mass is 423 g/mol. The van der Waals surface area contributed by atoms with Gasteiger partial charge in [-0.1, -0.05) is 6.92 Å². The van der Waals surface area contributed by atoms with Crippen molar-refractivity contribution >= 4 is 28.0 Å². The van der Waals surface area contributed by atoms with Crippen molar-refractivity contribution in [3.63, 3.8) is 0 Å². The number of aromatic nitrogens is 2. The van der Waals surface area contributed by atoms with Crippen molar-refractivity contribution in [2.75, 3.05) is 24.5 Å². The van der Waals surface area contributed by atoms with Gasteiger partial charge in [0.15, 0.2) is 5.69 Å². The van der Waals surface area contributed by atoms with E-state index in [9.17, 15) is 10.1 Å². The third-order valence-electron chi connectivity index (χ3n) is 4.42. The summed E-state index contributed by atoms with van der Waals surface area (Å²) in [7, 11) is 0. The number of rotatable bonds is 3. The molecule has 8 heteroatoms. The van der Waals surface area contributed by atoms with E-state index in [1.54, 1.807) is 0 Å². The van der Waals surface area contributed by atoms with Crippen molar-refractivity contribution in [3.8, 4) is 6.07 Å². The Morgan fingerprint density at radius 2 is 2.00 bits per heavy atom. The van der Waals surface area contributed by atoms with Crippen LogP contribution in [0.3, 0.4) is 0 Å². The smallest absolute Gasteiger partial charge is 0.407 e. The van der Waals surface area contributed by atoms with E-state index in [2.05, 4.69) is 49.1 Å². The first-order chi connectivity index (χ1) is 12.0. The van der Waals surface area contributed by atoms with Crippen LogP contribution in [0.1, 0.15) is 51.9 Å². The maximum absolute atomic E-state index is 11.9. The molecular formula is C18H26BrN5O2. The number of nitrogens with one attached hydrogen (secondary N) is 1. The fourth-order valence-electron chi connectivity index (χ4n) is 2.78. The van der Waals surface area contributed by atoms with Crippen LogP contribution in [0.2, 0.25) is 0 Å². The first-order valence-electron chi connectivity index (χ1n) is 8.69. The van der Waals surface area contributed by atoms with E-state index in [1.807, 2.05) is 27.7 Å².